The molecule has 1 aromatic rings. The second-order valence-corrected chi connectivity index (χ2v) is 8.47. The fourth-order valence-corrected chi connectivity index (χ4v) is 2.88. The van der Waals surface area contributed by atoms with Gasteiger partial charge in [-0.05, 0) is 30.5 Å². The van der Waals surface area contributed by atoms with E-state index in [2.05, 4.69) is 31.7 Å². The molecule has 0 aromatic heterocycles. The molecule has 3 atom stereocenters. The van der Waals surface area contributed by atoms with Crippen molar-refractivity contribution in [3.05, 3.63) is 29.8 Å². The number of anilines is 1. The minimum atomic E-state index is -1.55. The van der Waals surface area contributed by atoms with Crippen LogP contribution < -0.4 is 26.6 Å². The number of rotatable bonds is 16. The van der Waals surface area contributed by atoms with Gasteiger partial charge < -0.3 is 36.8 Å². The lowest BCUT2D eigenvalue weighted by atomic mass is 10.0. The summed E-state index contributed by atoms with van der Waals surface area (Å²) in [6, 6.07) is 4.78. The molecule has 0 heterocycles. The largest absolute Gasteiger partial charge is 0.481 e. The standard InChI is InChI=1S/C24H35N5O8/c1-14(2)22(24(37)27-15(3)23(36)28-17-6-4-16(13-30)5-7-17)29-19(32)10-11-25-20(33)12-26-18(31)8-9-21(34)35/h4-7,14-15,22,30H,8-13H2,1-3H3,(H,25,33)(H,26,31)(H,27,37)(H,28,36)(H,29,32)(H,34,35)/t15-,22-/m0/s1/i8T,30D/t8?,15-,22-. The van der Waals surface area contributed by atoms with E-state index >= 15 is 0 Å². The van der Waals surface area contributed by atoms with Crippen LogP contribution in [0.15, 0.2) is 24.3 Å². The Morgan fingerprint density at radius 1 is 0.919 bits per heavy atom. The molecule has 5 amide bonds. The number of aliphatic hydroxyl groups is 1. The van der Waals surface area contributed by atoms with Crippen LogP contribution in [-0.4, -0.2) is 72.3 Å². The van der Waals surface area contributed by atoms with E-state index in [1.165, 1.54) is 6.92 Å². The Hall–Kier alpha value is -4.00. The first-order valence-electron chi connectivity index (χ1n) is 12.6. The van der Waals surface area contributed by atoms with Gasteiger partial charge in [-0.2, -0.15) is 0 Å². The zero-order valence-corrected chi connectivity index (χ0v) is 21.0. The number of carbonyl (C=O) groups is 6. The van der Waals surface area contributed by atoms with Gasteiger partial charge in [0.2, 0.25) is 31.0 Å². The van der Waals surface area contributed by atoms with E-state index in [9.17, 15) is 28.8 Å². The predicted molar refractivity (Wildman–Crippen MR) is 133 cm³/mol. The average Bonchev–Trinajstić information content (AvgIpc) is 2.86. The Labute approximate surface area is 217 Å². The van der Waals surface area contributed by atoms with Gasteiger partial charge in [0, 0.05) is 26.4 Å². The average molecular weight is 525 g/mol. The zero-order valence-electron chi connectivity index (χ0n) is 23.0. The van der Waals surface area contributed by atoms with Crippen LogP contribution >= 0.6 is 0 Å². The fraction of sp³-hybridized carbons (Fsp3) is 0.500. The Morgan fingerprint density at radius 3 is 2.19 bits per heavy atom. The van der Waals surface area contributed by atoms with E-state index in [0.29, 0.717) is 5.69 Å². The molecule has 0 aliphatic heterocycles. The number of hydrogen-bond donors (Lipinski definition) is 7. The highest BCUT2D eigenvalue weighted by Gasteiger charge is 2.27. The smallest absolute Gasteiger partial charge is 0.303 e. The maximum Gasteiger partial charge on any atom is 0.303 e. The molecule has 13 nitrogen and oxygen atoms in total. The second-order valence-electron chi connectivity index (χ2n) is 8.47. The van der Waals surface area contributed by atoms with Gasteiger partial charge in [-0.3, -0.25) is 28.8 Å². The molecule has 0 spiro atoms. The number of nitrogens with one attached hydrogen (secondary N) is 5. The van der Waals surface area contributed by atoms with Crippen LogP contribution in [0.2, 0.25) is 0 Å². The summed E-state index contributed by atoms with van der Waals surface area (Å²) >= 11 is 0. The number of carbonyl (C=O) groups excluding carboxylic acids is 5. The molecule has 0 saturated carbocycles. The third-order valence-corrected chi connectivity index (χ3v) is 4.97. The van der Waals surface area contributed by atoms with Gasteiger partial charge in [-0.15, -0.1) is 0 Å². The van der Waals surface area contributed by atoms with Crippen molar-refractivity contribution in [2.75, 3.05) is 18.4 Å². The Balaban J connectivity index is 2.48. The topological polar surface area (TPSA) is 203 Å². The number of hydrogen-bond acceptors (Lipinski definition) is 7. The summed E-state index contributed by atoms with van der Waals surface area (Å²) in [5.74, 6) is -4.76. The molecule has 1 unspecified atom stereocenters. The molecule has 0 saturated heterocycles. The molecule has 13 heteroatoms. The van der Waals surface area contributed by atoms with Gasteiger partial charge >= 0.3 is 5.97 Å². The molecular formula is C24H35N5O8. The third-order valence-electron chi connectivity index (χ3n) is 4.97. The molecule has 1 aromatic carbocycles. The molecule has 0 aliphatic rings. The summed E-state index contributed by atoms with van der Waals surface area (Å²) in [5.41, 5.74) is 1.24. The van der Waals surface area contributed by atoms with Gasteiger partial charge in [-0.1, -0.05) is 26.0 Å². The maximum absolute atomic E-state index is 12.8. The molecule has 0 bridgehead atoms. The molecule has 0 aliphatic carbocycles. The minimum Gasteiger partial charge on any atom is -0.481 e. The summed E-state index contributed by atoms with van der Waals surface area (Å²) in [4.78, 5) is 71.5. The minimum absolute atomic E-state index is 0.0993. The molecule has 7 N–H and O–H groups in total. The number of aliphatic carboxylic acids is 1. The van der Waals surface area contributed by atoms with Crippen molar-refractivity contribution in [2.24, 2.45) is 5.92 Å². The van der Waals surface area contributed by atoms with Crippen LogP contribution in [0.5, 0.6) is 0 Å². The molecule has 0 radical (unpaired) electrons. The van der Waals surface area contributed by atoms with Crippen molar-refractivity contribution in [2.45, 2.75) is 58.7 Å². The van der Waals surface area contributed by atoms with E-state index in [4.69, 9.17) is 7.91 Å². The highest BCUT2D eigenvalue weighted by atomic mass is 16.4. The van der Waals surface area contributed by atoms with Gasteiger partial charge in [0.1, 0.15) is 12.1 Å². The summed E-state index contributed by atoms with van der Waals surface area (Å²) in [6.07, 6.45) is -2.41. The van der Waals surface area contributed by atoms with Gasteiger partial charge in [0.15, 0.2) is 0 Å². The quantitative estimate of drug-likeness (QED) is 0.146. The van der Waals surface area contributed by atoms with E-state index in [1.807, 2.05) is 0 Å². The van der Waals surface area contributed by atoms with Crippen molar-refractivity contribution in [3.63, 3.8) is 0 Å². The van der Waals surface area contributed by atoms with Crippen LogP contribution in [0, 0.1) is 5.92 Å². The van der Waals surface area contributed by atoms with Crippen molar-refractivity contribution in [1.29, 1.82) is 1.43 Å². The number of carboxylic acid groups (broad SMARTS) is 1. The van der Waals surface area contributed by atoms with Crippen molar-refractivity contribution < 1.29 is 40.4 Å². The summed E-state index contributed by atoms with van der Waals surface area (Å²) < 4.78 is 14.1. The van der Waals surface area contributed by atoms with Crippen LogP contribution in [0.1, 0.15) is 46.9 Å². The number of carboxylic acids is 1. The first-order valence-corrected chi connectivity index (χ1v) is 11.6. The summed E-state index contributed by atoms with van der Waals surface area (Å²) in [7, 11) is 0. The SMILES string of the molecule is [2H]OCc1ccc(NC(=O)[C@H](C)NC(=O)[C@@H](NC(=O)CCNC(=O)CNC(=O)C([3H])CC(=O)O)C(C)C)cc1. The summed E-state index contributed by atoms with van der Waals surface area (Å²) in [6.45, 7) is 4.44. The molecule has 37 heavy (non-hydrogen) atoms. The first-order chi connectivity index (χ1) is 18.3. The first kappa shape index (κ1) is 27.6. The fourth-order valence-electron chi connectivity index (χ4n) is 2.88. The van der Waals surface area contributed by atoms with Gasteiger partial charge in [0.25, 0.3) is 0 Å². The normalized spacial score (nSPS) is 13.7. The number of benzene rings is 1. The van der Waals surface area contributed by atoms with Gasteiger partial charge in [-0.25, -0.2) is 0 Å². The van der Waals surface area contributed by atoms with Crippen LogP contribution in [0.25, 0.3) is 0 Å². The van der Waals surface area contributed by atoms with E-state index in [1.54, 1.807) is 38.1 Å². The van der Waals surface area contributed by atoms with Gasteiger partial charge in [0.05, 0.1) is 19.6 Å². The Bertz CT molecular complexity index is 1020. The molecule has 0 fully saturated rings. The monoisotopic (exact) mass is 524 g/mol. The zero-order chi connectivity index (χ0) is 29.5. The Morgan fingerprint density at radius 2 is 1.59 bits per heavy atom. The van der Waals surface area contributed by atoms with Crippen molar-refractivity contribution in [3.8, 4) is 0 Å². The Kier molecular flexibility index (Phi) is 11.8. The number of amides is 5. The second kappa shape index (κ2) is 15.9. The highest BCUT2D eigenvalue weighted by molar-refractivity contribution is 5.98. The third kappa shape index (κ3) is 12.5. The summed E-state index contributed by atoms with van der Waals surface area (Å²) in [5, 5.41) is 25.2. The molecular weight excluding hydrogens is 486 g/mol. The van der Waals surface area contributed by atoms with Crippen LogP contribution in [-0.2, 0) is 35.4 Å². The molecule has 204 valence electrons. The lowest BCUT2D eigenvalue weighted by Gasteiger charge is -2.24. The molecule has 1 rings (SSSR count). The van der Waals surface area contributed by atoms with Crippen LogP contribution in [0.4, 0.5) is 5.69 Å². The predicted octanol–water partition coefficient (Wildman–Crippen LogP) is -0.750. The lowest BCUT2D eigenvalue weighted by molar-refractivity contribution is -0.138. The van der Waals surface area contributed by atoms with Crippen molar-refractivity contribution >= 4 is 41.2 Å². The van der Waals surface area contributed by atoms with E-state index in [0.717, 1.165) is 5.56 Å². The van der Waals surface area contributed by atoms with E-state index < -0.39 is 67.0 Å². The van der Waals surface area contributed by atoms with Crippen LogP contribution in [0.3, 0.4) is 0 Å². The van der Waals surface area contributed by atoms with Crippen molar-refractivity contribution in [1.82, 2.24) is 21.3 Å². The van der Waals surface area contributed by atoms with E-state index in [-0.39, 0.29) is 25.5 Å². The number of aliphatic hydroxyl groups excluding tert-OH is 1. The lowest BCUT2D eigenvalue weighted by Crippen LogP contribution is -2.54. The highest BCUT2D eigenvalue weighted by Crippen LogP contribution is 2.10. The maximum atomic E-state index is 12.8.